The zero-order valence-electron chi connectivity index (χ0n) is 19.4. The molecule has 0 atom stereocenters. The zero-order chi connectivity index (χ0) is 23.9. The number of anilines is 1. The van der Waals surface area contributed by atoms with E-state index in [-0.39, 0.29) is 17.5 Å². The SMILES string of the molecule is CCCOc1ccc(C2=C(Nc3cccc(OC)c3)C(=O)N(CCc3ccccc3)C2=O)cc1. The van der Waals surface area contributed by atoms with Gasteiger partial charge in [0.15, 0.2) is 0 Å². The molecule has 0 aromatic heterocycles. The number of ether oxygens (including phenoxy) is 2. The maximum absolute atomic E-state index is 13.5. The molecule has 4 rings (SSSR count). The molecule has 3 aromatic rings. The summed E-state index contributed by atoms with van der Waals surface area (Å²) in [5, 5.41) is 3.18. The van der Waals surface area contributed by atoms with Crippen molar-refractivity contribution in [3.63, 3.8) is 0 Å². The lowest BCUT2D eigenvalue weighted by molar-refractivity contribution is -0.136. The normalized spacial score (nSPS) is 13.4. The summed E-state index contributed by atoms with van der Waals surface area (Å²) in [7, 11) is 1.58. The van der Waals surface area contributed by atoms with E-state index >= 15 is 0 Å². The molecular weight excluding hydrogens is 428 g/mol. The van der Waals surface area contributed by atoms with Crippen molar-refractivity contribution in [2.24, 2.45) is 0 Å². The van der Waals surface area contributed by atoms with Crippen molar-refractivity contribution < 1.29 is 19.1 Å². The van der Waals surface area contributed by atoms with Gasteiger partial charge in [0.1, 0.15) is 17.2 Å². The number of carbonyl (C=O) groups is 2. The second-order valence-corrected chi connectivity index (χ2v) is 7.98. The number of methoxy groups -OCH3 is 1. The molecule has 0 radical (unpaired) electrons. The highest BCUT2D eigenvalue weighted by Gasteiger charge is 2.39. The number of nitrogens with one attached hydrogen (secondary N) is 1. The highest BCUT2D eigenvalue weighted by atomic mass is 16.5. The molecule has 0 unspecified atom stereocenters. The van der Waals surface area contributed by atoms with Gasteiger partial charge in [-0.15, -0.1) is 0 Å². The third-order valence-electron chi connectivity index (χ3n) is 5.59. The van der Waals surface area contributed by atoms with Crippen molar-refractivity contribution in [2.75, 3.05) is 25.6 Å². The Balaban J connectivity index is 1.65. The minimum atomic E-state index is -0.343. The number of carbonyl (C=O) groups excluding carboxylic acids is 2. The molecule has 0 aliphatic carbocycles. The van der Waals surface area contributed by atoms with E-state index in [1.54, 1.807) is 13.2 Å². The van der Waals surface area contributed by atoms with Crippen molar-refractivity contribution >= 4 is 23.1 Å². The minimum absolute atomic E-state index is 0.258. The first-order valence-corrected chi connectivity index (χ1v) is 11.4. The van der Waals surface area contributed by atoms with Crippen molar-refractivity contribution in [1.82, 2.24) is 4.90 Å². The molecule has 0 bridgehead atoms. The maximum Gasteiger partial charge on any atom is 0.278 e. The number of hydrogen-bond donors (Lipinski definition) is 1. The van der Waals surface area contributed by atoms with Gasteiger partial charge in [0.2, 0.25) is 0 Å². The van der Waals surface area contributed by atoms with Crippen LogP contribution in [0.25, 0.3) is 5.57 Å². The van der Waals surface area contributed by atoms with E-state index < -0.39 is 0 Å². The highest BCUT2D eigenvalue weighted by Crippen LogP contribution is 2.32. The lowest BCUT2D eigenvalue weighted by atomic mass is 10.0. The van der Waals surface area contributed by atoms with Crippen LogP contribution in [0.4, 0.5) is 5.69 Å². The Morgan fingerprint density at radius 2 is 1.62 bits per heavy atom. The Morgan fingerprint density at radius 1 is 0.853 bits per heavy atom. The fourth-order valence-electron chi connectivity index (χ4n) is 3.83. The summed E-state index contributed by atoms with van der Waals surface area (Å²) in [5.41, 5.74) is 3.00. The molecule has 2 amide bonds. The molecule has 0 spiro atoms. The van der Waals surface area contributed by atoms with Crippen LogP contribution in [0, 0.1) is 0 Å². The van der Waals surface area contributed by atoms with Gasteiger partial charge in [-0.2, -0.15) is 0 Å². The summed E-state index contributed by atoms with van der Waals surface area (Å²) >= 11 is 0. The van der Waals surface area contributed by atoms with Gasteiger partial charge in [-0.05, 0) is 48.2 Å². The largest absolute Gasteiger partial charge is 0.497 e. The van der Waals surface area contributed by atoms with E-state index in [0.717, 1.165) is 17.7 Å². The predicted octanol–water partition coefficient (Wildman–Crippen LogP) is 4.92. The summed E-state index contributed by atoms with van der Waals surface area (Å²) in [6.07, 6.45) is 1.49. The molecule has 0 saturated carbocycles. The van der Waals surface area contributed by atoms with E-state index in [4.69, 9.17) is 9.47 Å². The van der Waals surface area contributed by atoms with E-state index in [1.165, 1.54) is 4.90 Å². The molecule has 6 nitrogen and oxygen atoms in total. The minimum Gasteiger partial charge on any atom is -0.497 e. The number of benzene rings is 3. The van der Waals surface area contributed by atoms with Gasteiger partial charge in [-0.3, -0.25) is 14.5 Å². The average molecular weight is 457 g/mol. The van der Waals surface area contributed by atoms with Crippen LogP contribution in [-0.4, -0.2) is 37.0 Å². The van der Waals surface area contributed by atoms with Crippen molar-refractivity contribution in [3.05, 3.63) is 95.7 Å². The van der Waals surface area contributed by atoms with Crippen LogP contribution in [0.2, 0.25) is 0 Å². The van der Waals surface area contributed by atoms with Gasteiger partial charge < -0.3 is 14.8 Å². The smallest absolute Gasteiger partial charge is 0.278 e. The van der Waals surface area contributed by atoms with Gasteiger partial charge in [0.05, 0.1) is 19.3 Å². The van der Waals surface area contributed by atoms with Gasteiger partial charge in [-0.1, -0.05) is 55.5 Å². The Bertz CT molecular complexity index is 1190. The first-order valence-electron chi connectivity index (χ1n) is 11.4. The molecule has 174 valence electrons. The van der Waals surface area contributed by atoms with Crippen LogP contribution in [0.3, 0.4) is 0 Å². The summed E-state index contributed by atoms with van der Waals surface area (Å²) in [6.45, 7) is 2.96. The van der Waals surface area contributed by atoms with Crippen LogP contribution < -0.4 is 14.8 Å². The molecule has 6 heteroatoms. The second kappa shape index (κ2) is 10.7. The van der Waals surface area contributed by atoms with Crippen molar-refractivity contribution in [1.29, 1.82) is 0 Å². The van der Waals surface area contributed by atoms with Crippen LogP contribution in [-0.2, 0) is 16.0 Å². The zero-order valence-corrected chi connectivity index (χ0v) is 19.4. The monoisotopic (exact) mass is 456 g/mol. The Hall–Kier alpha value is -4.06. The first kappa shape index (κ1) is 23.1. The fraction of sp³-hybridized carbons (Fsp3) is 0.214. The third kappa shape index (κ3) is 5.12. The lowest BCUT2D eigenvalue weighted by Crippen LogP contribution is -2.34. The Kier molecular flexibility index (Phi) is 7.28. The van der Waals surface area contributed by atoms with Crippen LogP contribution in [0.1, 0.15) is 24.5 Å². The standard InChI is InChI=1S/C28H28N2O4/c1-3-18-34-23-14-12-21(13-15-23)25-26(29-22-10-7-11-24(19-22)33-2)28(32)30(27(25)31)17-16-20-8-5-4-6-9-20/h4-15,19,29H,3,16-18H2,1-2H3. The number of hydrogen-bond acceptors (Lipinski definition) is 5. The third-order valence-corrected chi connectivity index (χ3v) is 5.59. The molecule has 3 aromatic carbocycles. The molecule has 0 fully saturated rings. The van der Waals surface area contributed by atoms with E-state index in [9.17, 15) is 9.59 Å². The molecule has 1 heterocycles. The van der Waals surface area contributed by atoms with Gasteiger partial charge in [0.25, 0.3) is 11.8 Å². The molecule has 0 saturated heterocycles. The molecule has 1 aliphatic heterocycles. The number of nitrogens with zero attached hydrogens (tertiary/aromatic N) is 1. The second-order valence-electron chi connectivity index (χ2n) is 7.98. The molecule has 34 heavy (non-hydrogen) atoms. The average Bonchev–Trinajstić information content (AvgIpc) is 3.11. The van der Waals surface area contributed by atoms with Crippen LogP contribution in [0.5, 0.6) is 11.5 Å². The number of amides is 2. The molecular formula is C28H28N2O4. The Labute approximate surface area is 199 Å². The first-order chi connectivity index (χ1) is 16.6. The maximum atomic E-state index is 13.5. The fourth-order valence-corrected chi connectivity index (χ4v) is 3.83. The topological polar surface area (TPSA) is 67.9 Å². The van der Waals surface area contributed by atoms with Crippen LogP contribution >= 0.6 is 0 Å². The highest BCUT2D eigenvalue weighted by molar-refractivity contribution is 6.36. The summed E-state index contributed by atoms with van der Waals surface area (Å²) in [4.78, 5) is 28.2. The van der Waals surface area contributed by atoms with Gasteiger partial charge >= 0.3 is 0 Å². The summed E-state index contributed by atoms with van der Waals surface area (Å²) in [5.74, 6) is 0.729. The van der Waals surface area contributed by atoms with E-state index in [2.05, 4.69) is 5.32 Å². The lowest BCUT2D eigenvalue weighted by Gasteiger charge is -2.15. The van der Waals surface area contributed by atoms with Crippen molar-refractivity contribution in [3.8, 4) is 11.5 Å². The molecule has 1 aliphatic rings. The number of imide groups is 1. The summed E-state index contributed by atoms with van der Waals surface area (Å²) in [6, 6.07) is 24.4. The van der Waals surface area contributed by atoms with Crippen molar-refractivity contribution in [2.45, 2.75) is 19.8 Å². The van der Waals surface area contributed by atoms with Gasteiger partial charge in [0, 0.05) is 18.3 Å². The molecule has 1 N–H and O–H groups in total. The van der Waals surface area contributed by atoms with E-state index in [1.807, 2.05) is 79.7 Å². The predicted molar refractivity (Wildman–Crippen MR) is 133 cm³/mol. The summed E-state index contributed by atoms with van der Waals surface area (Å²) < 4.78 is 11.0. The van der Waals surface area contributed by atoms with E-state index in [0.29, 0.717) is 42.1 Å². The van der Waals surface area contributed by atoms with Gasteiger partial charge in [-0.25, -0.2) is 0 Å². The Morgan fingerprint density at radius 3 is 2.32 bits per heavy atom. The number of rotatable bonds is 10. The quantitative estimate of drug-likeness (QED) is 0.439. The van der Waals surface area contributed by atoms with Crippen LogP contribution in [0.15, 0.2) is 84.6 Å².